The van der Waals surface area contributed by atoms with Crippen LogP contribution in [0.25, 0.3) is 5.52 Å². The monoisotopic (exact) mass is 549 g/mol. The molecule has 13 heteroatoms. The van der Waals surface area contributed by atoms with Crippen molar-refractivity contribution in [2.45, 2.75) is 49.4 Å². The van der Waals surface area contributed by atoms with Gasteiger partial charge in [-0.05, 0) is 75.4 Å². The van der Waals surface area contributed by atoms with Crippen LogP contribution >= 0.6 is 11.8 Å². The number of aryl methyl sites for hydroxylation is 1. The number of likely N-dealkylation sites (tertiary alicyclic amines) is 1. The first-order valence-electron chi connectivity index (χ1n) is 12.7. The largest absolute Gasteiger partial charge is 0.447 e. The Kier molecular flexibility index (Phi) is 7.98. The summed E-state index contributed by atoms with van der Waals surface area (Å²) in [4.78, 5) is 32.1. The first-order valence-corrected chi connectivity index (χ1v) is 13.5. The number of H-pyrrole nitrogens is 1. The van der Waals surface area contributed by atoms with E-state index in [4.69, 9.17) is 9.72 Å². The number of benzene rings is 1. The smallest absolute Gasteiger partial charge is 0.407 e. The standard InChI is InChI=1S/C26H31N9O3S/c1-16(2)38-26(37)28-19-10-12-34(14-19)15-23(36)27-18-6-8-20(9-7-18)39-25-30-24(21-5-4-11-35(21)33-25)29-22-13-17(3)31-32-22/h4-9,11,13,16,19H,10,12,14-15H2,1-3H3,(H,27,36)(H,28,37)(H2,29,30,31,32,33)/t19-/m1/s1. The fraction of sp³-hybridized carbons (Fsp3) is 0.346. The van der Waals surface area contributed by atoms with Gasteiger partial charge in [-0.15, -0.1) is 5.10 Å². The first kappa shape index (κ1) is 26.5. The van der Waals surface area contributed by atoms with E-state index in [0.717, 1.165) is 29.1 Å². The molecule has 12 nitrogen and oxygen atoms in total. The molecule has 1 fully saturated rings. The molecule has 204 valence electrons. The van der Waals surface area contributed by atoms with E-state index in [1.165, 1.54) is 11.8 Å². The van der Waals surface area contributed by atoms with Crippen LogP contribution in [-0.4, -0.2) is 73.5 Å². The SMILES string of the molecule is Cc1cc(Nc2nc(Sc3ccc(NC(=O)CN4CC[C@@H](NC(=O)OC(C)C)C4)cc3)nn3cccc23)n[nH]1. The van der Waals surface area contributed by atoms with Gasteiger partial charge in [-0.2, -0.15) is 5.10 Å². The van der Waals surface area contributed by atoms with E-state index in [1.54, 1.807) is 4.52 Å². The maximum atomic E-state index is 12.6. The Balaban J connectivity index is 1.15. The number of nitrogens with zero attached hydrogens (tertiary/aromatic N) is 5. The number of anilines is 3. The summed E-state index contributed by atoms with van der Waals surface area (Å²) < 4.78 is 6.91. The average molecular weight is 550 g/mol. The zero-order chi connectivity index (χ0) is 27.4. The van der Waals surface area contributed by atoms with Gasteiger partial charge in [0.2, 0.25) is 11.1 Å². The second-order valence-electron chi connectivity index (χ2n) is 9.64. The van der Waals surface area contributed by atoms with E-state index in [9.17, 15) is 9.59 Å². The highest BCUT2D eigenvalue weighted by Crippen LogP contribution is 2.29. The van der Waals surface area contributed by atoms with Gasteiger partial charge in [-0.3, -0.25) is 14.8 Å². The summed E-state index contributed by atoms with van der Waals surface area (Å²) in [7, 11) is 0. The Bertz CT molecular complexity index is 1450. The third-order valence-electron chi connectivity index (χ3n) is 5.98. The third-order valence-corrected chi connectivity index (χ3v) is 6.84. The summed E-state index contributed by atoms with van der Waals surface area (Å²) in [5.74, 6) is 1.23. The number of carbonyl (C=O) groups excluding carboxylic acids is 2. The van der Waals surface area contributed by atoms with Gasteiger partial charge in [0, 0.05) is 47.7 Å². The van der Waals surface area contributed by atoms with Crippen LogP contribution in [0, 0.1) is 6.92 Å². The summed E-state index contributed by atoms with van der Waals surface area (Å²) in [5.41, 5.74) is 2.50. The Morgan fingerprint density at radius 1 is 1.23 bits per heavy atom. The minimum Gasteiger partial charge on any atom is -0.447 e. The molecule has 0 bridgehead atoms. The molecule has 1 aromatic carbocycles. The second kappa shape index (κ2) is 11.7. The number of amides is 2. The van der Waals surface area contributed by atoms with Crippen LogP contribution in [0.5, 0.6) is 0 Å². The quantitative estimate of drug-likeness (QED) is 0.245. The maximum Gasteiger partial charge on any atom is 0.407 e. The Hall–Kier alpha value is -4.10. The highest BCUT2D eigenvalue weighted by molar-refractivity contribution is 7.99. The van der Waals surface area contributed by atoms with E-state index in [0.29, 0.717) is 29.0 Å². The minimum atomic E-state index is -0.418. The topological polar surface area (TPSA) is 142 Å². The molecule has 5 rings (SSSR count). The fourth-order valence-electron chi connectivity index (χ4n) is 4.28. The number of carbonyl (C=O) groups is 2. The molecule has 1 atom stereocenters. The van der Waals surface area contributed by atoms with Gasteiger partial charge < -0.3 is 20.7 Å². The molecule has 2 amide bonds. The van der Waals surface area contributed by atoms with E-state index < -0.39 is 6.09 Å². The molecule has 1 aliphatic heterocycles. The number of nitrogens with one attached hydrogen (secondary N) is 4. The van der Waals surface area contributed by atoms with Crippen LogP contribution in [0.15, 0.2) is 58.7 Å². The lowest BCUT2D eigenvalue weighted by Gasteiger charge is -2.17. The summed E-state index contributed by atoms with van der Waals surface area (Å²) in [6.45, 7) is 7.15. The van der Waals surface area contributed by atoms with Crippen molar-refractivity contribution in [1.29, 1.82) is 0 Å². The Labute approximate surface area is 229 Å². The van der Waals surface area contributed by atoms with Gasteiger partial charge >= 0.3 is 6.09 Å². The van der Waals surface area contributed by atoms with Gasteiger partial charge in [0.25, 0.3) is 0 Å². The van der Waals surface area contributed by atoms with Crippen LogP contribution in [-0.2, 0) is 9.53 Å². The second-order valence-corrected chi connectivity index (χ2v) is 10.7. The van der Waals surface area contributed by atoms with Crippen LogP contribution in [0.1, 0.15) is 26.0 Å². The van der Waals surface area contributed by atoms with E-state index in [-0.39, 0.29) is 24.6 Å². The molecule has 0 unspecified atom stereocenters. The van der Waals surface area contributed by atoms with Crippen molar-refractivity contribution in [1.82, 2.24) is 35.0 Å². The predicted molar refractivity (Wildman–Crippen MR) is 148 cm³/mol. The molecule has 0 saturated carbocycles. The van der Waals surface area contributed by atoms with Crippen LogP contribution < -0.4 is 16.0 Å². The van der Waals surface area contributed by atoms with Gasteiger partial charge in [-0.25, -0.2) is 14.3 Å². The summed E-state index contributed by atoms with van der Waals surface area (Å²) in [6, 6.07) is 13.3. The maximum absolute atomic E-state index is 12.6. The minimum absolute atomic E-state index is 0.0209. The summed E-state index contributed by atoms with van der Waals surface area (Å²) >= 11 is 1.42. The van der Waals surface area contributed by atoms with Crippen molar-refractivity contribution in [2.24, 2.45) is 0 Å². The Morgan fingerprint density at radius 3 is 2.79 bits per heavy atom. The number of fused-ring (bicyclic) bond motifs is 1. The lowest BCUT2D eigenvalue weighted by atomic mass is 10.3. The van der Waals surface area contributed by atoms with Crippen molar-refractivity contribution in [3.8, 4) is 0 Å². The predicted octanol–water partition coefficient (Wildman–Crippen LogP) is 3.80. The number of rotatable bonds is 9. The fourth-order valence-corrected chi connectivity index (χ4v) is 5.03. The van der Waals surface area contributed by atoms with Gasteiger partial charge in [0.1, 0.15) is 5.52 Å². The lowest BCUT2D eigenvalue weighted by Crippen LogP contribution is -2.39. The molecule has 0 aliphatic carbocycles. The average Bonchev–Trinajstić information content (AvgIpc) is 3.62. The van der Waals surface area contributed by atoms with Crippen molar-refractivity contribution in [3.05, 3.63) is 54.4 Å². The number of alkyl carbamates (subject to hydrolysis) is 1. The van der Waals surface area contributed by atoms with Gasteiger partial charge in [-0.1, -0.05) is 0 Å². The van der Waals surface area contributed by atoms with Crippen molar-refractivity contribution < 1.29 is 14.3 Å². The zero-order valence-electron chi connectivity index (χ0n) is 22.0. The Morgan fingerprint density at radius 2 is 2.05 bits per heavy atom. The molecular formula is C26H31N9O3S. The normalized spacial score (nSPS) is 15.5. The van der Waals surface area contributed by atoms with Crippen molar-refractivity contribution >= 4 is 46.6 Å². The van der Waals surface area contributed by atoms with Crippen molar-refractivity contribution in [3.63, 3.8) is 0 Å². The first-order chi connectivity index (χ1) is 18.8. The number of hydrogen-bond acceptors (Lipinski definition) is 9. The summed E-state index contributed by atoms with van der Waals surface area (Å²) in [6.07, 6.45) is 2.07. The van der Waals surface area contributed by atoms with Crippen LogP contribution in [0.4, 0.5) is 22.1 Å². The lowest BCUT2D eigenvalue weighted by molar-refractivity contribution is -0.117. The number of aromatic nitrogens is 5. The van der Waals surface area contributed by atoms with E-state index in [2.05, 4.69) is 31.2 Å². The molecule has 0 spiro atoms. The molecule has 0 radical (unpaired) electrons. The van der Waals surface area contributed by atoms with Crippen LogP contribution in [0.3, 0.4) is 0 Å². The summed E-state index contributed by atoms with van der Waals surface area (Å²) in [5, 5.41) is 21.4. The number of aromatic amines is 1. The van der Waals surface area contributed by atoms with E-state index in [1.807, 2.05) is 74.3 Å². The number of ether oxygens (including phenoxy) is 1. The molecule has 4 aromatic rings. The molecular weight excluding hydrogens is 518 g/mol. The molecule has 39 heavy (non-hydrogen) atoms. The number of hydrogen-bond donors (Lipinski definition) is 4. The highest BCUT2D eigenvalue weighted by Gasteiger charge is 2.26. The molecule has 4 heterocycles. The molecule has 3 aromatic heterocycles. The van der Waals surface area contributed by atoms with Gasteiger partial charge in [0.15, 0.2) is 11.6 Å². The molecule has 1 aliphatic rings. The van der Waals surface area contributed by atoms with Gasteiger partial charge in [0.05, 0.1) is 12.6 Å². The zero-order valence-corrected chi connectivity index (χ0v) is 22.8. The van der Waals surface area contributed by atoms with Crippen LogP contribution in [0.2, 0.25) is 0 Å². The van der Waals surface area contributed by atoms with E-state index >= 15 is 0 Å². The highest BCUT2D eigenvalue weighted by atomic mass is 32.2. The molecule has 1 saturated heterocycles. The van der Waals surface area contributed by atoms with Crippen molar-refractivity contribution in [2.75, 3.05) is 30.3 Å². The molecule has 4 N–H and O–H groups in total. The third kappa shape index (κ3) is 7.06.